The minimum atomic E-state index is -0.196. The molecule has 106 valence electrons. The normalized spacial score (nSPS) is 14.1. The first-order valence-electron chi connectivity index (χ1n) is 6.58. The van der Waals surface area contributed by atoms with Gasteiger partial charge in [0.05, 0.1) is 5.56 Å². The maximum absolute atomic E-state index is 11.6. The van der Waals surface area contributed by atoms with Gasteiger partial charge in [-0.3, -0.25) is 9.89 Å². The maximum Gasteiger partial charge on any atom is 0.239 e. The smallest absolute Gasteiger partial charge is 0.239 e. The number of carbonyl (C=O) groups is 1. The minimum absolute atomic E-state index is 0.0466. The molecule has 2 aromatic rings. The van der Waals surface area contributed by atoms with Crippen LogP contribution in [-0.4, -0.2) is 27.0 Å². The summed E-state index contributed by atoms with van der Waals surface area (Å²) >= 11 is 7.21. The van der Waals surface area contributed by atoms with Crippen LogP contribution in [0.15, 0.2) is 0 Å². The van der Waals surface area contributed by atoms with E-state index >= 15 is 0 Å². The van der Waals surface area contributed by atoms with E-state index < -0.39 is 0 Å². The molecule has 0 radical (unpaired) electrons. The van der Waals surface area contributed by atoms with Crippen molar-refractivity contribution in [3.8, 4) is 11.4 Å². The number of aromatic amines is 1. The molecule has 20 heavy (non-hydrogen) atoms. The number of carbonyl (C=O) groups excluding carboxylic acids is 1. The van der Waals surface area contributed by atoms with Gasteiger partial charge in [0.25, 0.3) is 0 Å². The van der Waals surface area contributed by atoms with E-state index in [0.29, 0.717) is 5.82 Å². The Bertz CT molecular complexity index is 649. The summed E-state index contributed by atoms with van der Waals surface area (Å²) in [4.78, 5) is 17.3. The second-order valence-electron chi connectivity index (χ2n) is 4.84. The molecule has 0 aliphatic heterocycles. The molecule has 5 nitrogen and oxygen atoms in total. The van der Waals surface area contributed by atoms with Crippen molar-refractivity contribution in [2.45, 2.75) is 32.6 Å². The number of rotatable bonds is 3. The number of fused-ring (bicyclic) bond motifs is 1. The summed E-state index contributed by atoms with van der Waals surface area (Å²) in [7, 11) is 0. The third-order valence-electron chi connectivity index (χ3n) is 3.37. The van der Waals surface area contributed by atoms with Gasteiger partial charge in [-0.15, -0.1) is 22.9 Å². The lowest BCUT2D eigenvalue weighted by atomic mass is 9.95. The van der Waals surface area contributed by atoms with Crippen LogP contribution in [0.1, 0.15) is 29.1 Å². The Morgan fingerprint density at radius 1 is 1.45 bits per heavy atom. The third-order valence-corrected chi connectivity index (χ3v) is 4.82. The zero-order valence-electron chi connectivity index (χ0n) is 11.1. The Hall–Kier alpha value is -1.40. The Morgan fingerprint density at radius 2 is 2.25 bits per heavy atom. The molecule has 3 rings (SSSR count). The topological polar surface area (TPSA) is 70.7 Å². The number of nitrogens with zero attached hydrogens (tertiary/aromatic N) is 2. The molecule has 0 saturated carbocycles. The Labute approximate surface area is 125 Å². The quantitative estimate of drug-likeness (QED) is 0.856. The second kappa shape index (κ2) is 5.54. The van der Waals surface area contributed by atoms with Gasteiger partial charge < -0.3 is 5.32 Å². The predicted octanol–water partition coefficient (Wildman–Crippen LogP) is 2.90. The molecular formula is C13H15ClN4OS. The van der Waals surface area contributed by atoms with Crippen LogP contribution in [0.3, 0.4) is 0 Å². The van der Waals surface area contributed by atoms with E-state index in [9.17, 15) is 4.79 Å². The number of halogens is 1. The van der Waals surface area contributed by atoms with E-state index in [1.807, 2.05) is 6.92 Å². The first-order chi connectivity index (χ1) is 9.69. The van der Waals surface area contributed by atoms with Gasteiger partial charge in [-0.05, 0) is 38.2 Å². The molecule has 1 amide bonds. The number of hydrogen-bond acceptors (Lipinski definition) is 4. The summed E-state index contributed by atoms with van der Waals surface area (Å²) in [5.74, 6) is 1.19. The molecular weight excluding hydrogens is 296 g/mol. The summed E-state index contributed by atoms with van der Waals surface area (Å²) in [5, 5.41) is 10.8. The zero-order valence-corrected chi connectivity index (χ0v) is 12.7. The van der Waals surface area contributed by atoms with Gasteiger partial charge in [-0.1, -0.05) is 0 Å². The van der Waals surface area contributed by atoms with Crippen LogP contribution in [0, 0.1) is 6.92 Å². The van der Waals surface area contributed by atoms with Gasteiger partial charge in [0, 0.05) is 4.88 Å². The van der Waals surface area contributed by atoms with E-state index in [4.69, 9.17) is 11.6 Å². The van der Waals surface area contributed by atoms with Gasteiger partial charge in [0.2, 0.25) is 5.91 Å². The molecule has 2 heterocycles. The number of aryl methyl sites for hydroxylation is 2. The fourth-order valence-electron chi connectivity index (χ4n) is 2.51. The fraction of sp³-hybridized carbons (Fsp3) is 0.462. The molecule has 0 spiro atoms. The first kappa shape index (κ1) is 13.6. The number of H-pyrrole nitrogens is 1. The van der Waals surface area contributed by atoms with Crippen LogP contribution in [0.4, 0.5) is 5.00 Å². The van der Waals surface area contributed by atoms with Crippen molar-refractivity contribution in [3.63, 3.8) is 0 Å². The molecule has 2 aromatic heterocycles. The lowest BCUT2D eigenvalue weighted by molar-refractivity contribution is -0.113. The number of thiophene rings is 1. The number of nitrogens with one attached hydrogen (secondary N) is 2. The summed E-state index contributed by atoms with van der Waals surface area (Å²) in [6.07, 6.45) is 4.45. The highest BCUT2D eigenvalue weighted by Gasteiger charge is 2.24. The number of aromatic nitrogens is 3. The molecule has 1 aliphatic carbocycles. The van der Waals surface area contributed by atoms with Crippen LogP contribution in [0.5, 0.6) is 0 Å². The average Bonchev–Trinajstić information content (AvgIpc) is 3.01. The maximum atomic E-state index is 11.6. The fourth-order valence-corrected chi connectivity index (χ4v) is 3.87. The highest BCUT2D eigenvalue weighted by Crippen LogP contribution is 2.43. The largest absolute Gasteiger partial charge is 0.316 e. The van der Waals surface area contributed by atoms with E-state index in [1.165, 1.54) is 23.3 Å². The predicted molar refractivity (Wildman–Crippen MR) is 80.4 cm³/mol. The van der Waals surface area contributed by atoms with Crippen LogP contribution in [-0.2, 0) is 17.6 Å². The monoisotopic (exact) mass is 310 g/mol. The molecule has 7 heteroatoms. The van der Waals surface area contributed by atoms with E-state index in [0.717, 1.165) is 29.2 Å². The van der Waals surface area contributed by atoms with Crippen molar-refractivity contribution in [1.82, 2.24) is 15.2 Å². The van der Waals surface area contributed by atoms with Gasteiger partial charge in [-0.25, -0.2) is 4.98 Å². The Kier molecular flexibility index (Phi) is 3.76. The highest BCUT2D eigenvalue weighted by molar-refractivity contribution is 7.17. The van der Waals surface area contributed by atoms with Crippen molar-refractivity contribution in [3.05, 3.63) is 16.3 Å². The van der Waals surface area contributed by atoms with Crippen molar-refractivity contribution in [2.24, 2.45) is 0 Å². The van der Waals surface area contributed by atoms with Crippen molar-refractivity contribution in [2.75, 3.05) is 11.2 Å². The number of hydrogen-bond donors (Lipinski definition) is 2. The highest BCUT2D eigenvalue weighted by atomic mass is 35.5. The Morgan fingerprint density at radius 3 is 2.95 bits per heavy atom. The van der Waals surface area contributed by atoms with Crippen LogP contribution < -0.4 is 5.32 Å². The molecule has 0 fully saturated rings. The van der Waals surface area contributed by atoms with Crippen molar-refractivity contribution in [1.29, 1.82) is 0 Å². The van der Waals surface area contributed by atoms with E-state index in [2.05, 4.69) is 20.5 Å². The molecule has 0 atom stereocenters. The van der Waals surface area contributed by atoms with Gasteiger partial charge in [-0.2, -0.15) is 5.10 Å². The molecule has 1 aliphatic rings. The summed E-state index contributed by atoms with van der Waals surface area (Å²) in [5.41, 5.74) is 2.25. The van der Waals surface area contributed by atoms with Gasteiger partial charge in [0.15, 0.2) is 5.82 Å². The Balaban J connectivity index is 2.08. The van der Waals surface area contributed by atoms with E-state index in [1.54, 1.807) is 11.3 Å². The summed E-state index contributed by atoms with van der Waals surface area (Å²) in [6, 6.07) is 0. The van der Waals surface area contributed by atoms with Gasteiger partial charge >= 0.3 is 0 Å². The van der Waals surface area contributed by atoms with Crippen molar-refractivity contribution >= 4 is 33.8 Å². The number of alkyl halides is 1. The minimum Gasteiger partial charge on any atom is -0.316 e. The second-order valence-corrected chi connectivity index (χ2v) is 6.21. The number of amides is 1. The SMILES string of the molecule is Cc1nc(-c2c(NC(=O)CCl)sc3c2CCCC3)n[nH]1. The first-order valence-corrected chi connectivity index (χ1v) is 7.94. The van der Waals surface area contributed by atoms with Crippen molar-refractivity contribution < 1.29 is 4.79 Å². The molecule has 0 unspecified atom stereocenters. The zero-order chi connectivity index (χ0) is 14.1. The lowest BCUT2D eigenvalue weighted by Gasteiger charge is -2.11. The number of anilines is 1. The average molecular weight is 311 g/mol. The molecule has 0 saturated heterocycles. The molecule has 0 aromatic carbocycles. The summed E-state index contributed by atoms with van der Waals surface area (Å²) in [6.45, 7) is 1.87. The third kappa shape index (κ3) is 2.45. The van der Waals surface area contributed by atoms with Crippen LogP contribution >= 0.6 is 22.9 Å². The molecule has 0 bridgehead atoms. The van der Waals surface area contributed by atoms with Gasteiger partial charge in [0.1, 0.15) is 16.7 Å². The van der Waals surface area contributed by atoms with Crippen LogP contribution in [0.25, 0.3) is 11.4 Å². The van der Waals surface area contributed by atoms with Crippen LogP contribution in [0.2, 0.25) is 0 Å². The lowest BCUT2D eigenvalue weighted by Crippen LogP contribution is -2.12. The van der Waals surface area contributed by atoms with E-state index in [-0.39, 0.29) is 11.8 Å². The standard InChI is InChI=1S/C13H15ClN4OS/c1-7-15-12(18-17-7)11-8-4-2-3-5-9(8)20-13(11)16-10(19)6-14/h2-6H2,1H3,(H,16,19)(H,15,17,18). The summed E-state index contributed by atoms with van der Waals surface area (Å²) < 4.78 is 0. The molecule has 2 N–H and O–H groups in total.